The molecule has 1 aliphatic heterocycles. The van der Waals surface area contributed by atoms with E-state index in [-0.39, 0.29) is 18.1 Å². The van der Waals surface area contributed by atoms with Gasteiger partial charge >= 0.3 is 0 Å². The number of carbonyl (C=O) groups excluding carboxylic acids is 2. The van der Waals surface area contributed by atoms with Crippen LogP contribution in [0.15, 0.2) is 42.5 Å². The van der Waals surface area contributed by atoms with Crippen molar-refractivity contribution in [3.05, 3.63) is 59.4 Å². The fourth-order valence-electron chi connectivity index (χ4n) is 3.92. The molecule has 0 radical (unpaired) electrons. The van der Waals surface area contributed by atoms with Crippen molar-refractivity contribution in [1.82, 2.24) is 14.8 Å². The first-order valence-corrected chi connectivity index (χ1v) is 10.6. The number of benzene rings is 2. The largest absolute Gasteiger partial charge is 0.496 e. The van der Waals surface area contributed by atoms with Gasteiger partial charge in [0.05, 0.1) is 13.5 Å². The molecule has 1 N–H and O–H groups in total. The minimum absolute atomic E-state index is 0.0497. The second kappa shape index (κ2) is 9.12. The number of aryl methyl sites for hydroxylation is 1. The van der Waals surface area contributed by atoms with Crippen molar-refractivity contribution in [1.29, 1.82) is 0 Å². The van der Waals surface area contributed by atoms with Crippen molar-refractivity contribution in [3.8, 4) is 17.1 Å². The lowest BCUT2D eigenvalue weighted by Crippen LogP contribution is -2.15. The fraction of sp³-hybridized carbons (Fsp3) is 0.333. The van der Waals surface area contributed by atoms with Crippen molar-refractivity contribution in [2.75, 3.05) is 12.4 Å². The number of fused-ring (bicyclic) bond motifs is 1. The number of rotatable bonds is 6. The maximum Gasteiger partial charge on any atom is 0.228 e. The average Bonchev–Trinajstić information content (AvgIpc) is 3.02. The van der Waals surface area contributed by atoms with Gasteiger partial charge in [-0.3, -0.25) is 9.59 Å². The van der Waals surface area contributed by atoms with Gasteiger partial charge in [0.2, 0.25) is 5.91 Å². The van der Waals surface area contributed by atoms with Gasteiger partial charge < -0.3 is 14.6 Å². The number of Topliss-reactive ketones (excluding diaryl/α,β-unsaturated/α-hetero) is 1. The second-order valence-electron chi connectivity index (χ2n) is 7.79. The van der Waals surface area contributed by atoms with Crippen LogP contribution in [-0.2, 0) is 24.2 Å². The summed E-state index contributed by atoms with van der Waals surface area (Å²) in [6.45, 7) is 2.44. The molecule has 4 rings (SSSR count). The van der Waals surface area contributed by atoms with Crippen molar-refractivity contribution in [2.24, 2.45) is 0 Å². The molecule has 2 aromatic carbocycles. The van der Waals surface area contributed by atoms with Gasteiger partial charge in [-0.15, -0.1) is 10.2 Å². The Labute approximate surface area is 181 Å². The summed E-state index contributed by atoms with van der Waals surface area (Å²) in [5.74, 6) is 2.28. The molecule has 1 aromatic heterocycles. The van der Waals surface area contributed by atoms with E-state index in [1.54, 1.807) is 25.3 Å². The Morgan fingerprint density at radius 2 is 1.87 bits per heavy atom. The first kappa shape index (κ1) is 20.8. The maximum atomic E-state index is 12.6. The van der Waals surface area contributed by atoms with Crippen LogP contribution in [0.3, 0.4) is 0 Å². The lowest BCUT2D eigenvalue weighted by atomic mass is 10.0. The standard InChI is InChI=1S/C24H26N4O3/c1-16(29)18-9-12-21(31-2)19(14-18)15-23(30)25-20-10-7-17(8-11-20)24-27-26-22-6-4-3-5-13-28(22)24/h7-12,14H,3-6,13,15H2,1-2H3,(H,25,30). The second-order valence-corrected chi connectivity index (χ2v) is 7.79. The molecule has 3 aromatic rings. The Hall–Kier alpha value is -3.48. The van der Waals surface area contributed by atoms with Crippen LogP contribution in [-0.4, -0.2) is 33.6 Å². The highest BCUT2D eigenvalue weighted by Gasteiger charge is 2.16. The number of hydrogen-bond acceptors (Lipinski definition) is 5. The number of ketones is 1. The van der Waals surface area contributed by atoms with E-state index in [2.05, 4.69) is 20.1 Å². The van der Waals surface area contributed by atoms with Gasteiger partial charge in [0.25, 0.3) is 0 Å². The number of amides is 1. The summed E-state index contributed by atoms with van der Waals surface area (Å²) in [6.07, 6.45) is 4.59. The minimum Gasteiger partial charge on any atom is -0.496 e. The lowest BCUT2D eigenvalue weighted by Gasteiger charge is -2.11. The van der Waals surface area contributed by atoms with Crippen LogP contribution in [0, 0.1) is 0 Å². The molecule has 7 heteroatoms. The van der Waals surface area contributed by atoms with E-state index in [0.29, 0.717) is 22.6 Å². The molecule has 0 saturated carbocycles. The van der Waals surface area contributed by atoms with Gasteiger partial charge in [0.15, 0.2) is 11.6 Å². The summed E-state index contributed by atoms with van der Waals surface area (Å²) in [6, 6.07) is 12.8. The molecule has 2 heterocycles. The minimum atomic E-state index is -0.178. The number of nitrogens with zero attached hydrogens (tertiary/aromatic N) is 3. The number of aromatic nitrogens is 3. The number of nitrogens with one attached hydrogen (secondary N) is 1. The molecule has 0 bridgehead atoms. The van der Waals surface area contributed by atoms with E-state index in [1.807, 2.05) is 24.3 Å². The predicted octanol–water partition coefficient (Wildman–Crippen LogP) is 4.06. The highest BCUT2D eigenvalue weighted by atomic mass is 16.5. The third-order valence-corrected chi connectivity index (χ3v) is 5.57. The molecule has 160 valence electrons. The van der Waals surface area contributed by atoms with Gasteiger partial charge in [-0.1, -0.05) is 6.42 Å². The maximum absolute atomic E-state index is 12.6. The van der Waals surface area contributed by atoms with Crippen LogP contribution >= 0.6 is 0 Å². The quantitative estimate of drug-likeness (QED) is 0.610. The summed E-state index contributed by atoms with van der Waals surface area (Å²) in [4.78, 5) is 24.3. The summed E-state index contributed by atoms with van der Waals surface area (Å²) in [7, 11) is 1.55. The molecule has 0 saturated heterocycles. The number of anilines is 1. The summed E-state index contributed by atoms with van der Waals surface area (Å²) >= 11 is 0. The third kappa shape index (κ3) is 4.66. The Balaban J connectivity index is 1.46. The lowest BCUT2D eigenvalue weighted by molar-refractivity contribution is -0.115. The van der Waals surface area contributed by atoms with E-state index in [9.17, 15) is 9.59 Å². The Bertz CT molecular complexity index is 1100. The number of methoxy groups -OCH3 is 1. The topological polar surface area (TPSA) is 86.1 Å². The summed E-state index contributed by atoms with van der Waals surface area (Å²) in [5.41, 5.74) is 2.91. The number of ether oxygens (including phenoxy) is 1. The van der Waals surface area contributed by atoms with Gasteiger partial charge in [0.1, 0.15) is 11.6 Å². The van der Waals surface area contributed by atoms with E-state index in [4.69, 9.17) is 4.74 Å². The van der Waals surface area contributed by atoms with Gasteiger partial charge in [-0.05, 0) is 62.2 Å². The van der Waals surface area contributed by atoms with Crippen molar-refractivity contribution in [2.45, 2.75) is 45.6 Å². The SMILES string of the molecule is COc1ccc(C(C)=O)cc1CC(=O)Nc1ccc(-c2nnc3n2CCCCC3)cc1. The van der Waals surface area contributed by atoms with E-state index in [0.717, 1.165) is 43.0 Å². The zero-order valence-electron chi connectivity index (χ0n) is 17.9. The molecule has 7 nitrogen and oxygen atoms in total. The van der Waals surface area contributed by atoms with Crippen LogP contribution in [0.1, 0.15) is 47.9 Å². The van der Waals surface area contributed by atoms with Crippen molar-refractivity contribution in [3.63, 3.8) is 0 Å². The highest BCUT2D eigenvalue weighted by molar-refractivity contribution is 5.96. The third-order valence-electron chi connectivity index (χ3n) is 5.57. The number of hydrogen-bond donors (Lipinski definition) is 1. The van der Waals surface area contributed by atoms with E-state index >= 15 is 0 Å². The zero-order chi connectivity index (χ0) is 21.8. The molecule has 31 heavy (non-hydrogen) atoms. The Kier molecular flexibility index (Phi) is 6.11. The monoisotopic (exact) mass is 418 g/mol. The van der Waals surface area contributed by atoms with E-state index < -0.39 is 0 Å². The fourth-order valence-corrected chi connectivity index (χ4v) is 3.92. The van der Waals surface area contributed by atoms with Crippen LogP contribution in [0.25, 0.3) is 11.4 Å². The Morgan fingerprint density at radius 3 is 2.61 bits per heavy atom. The van der Waals surface area contributed by atoms with Crippen LogP contribution in [0.2, 0.25) is 0 Å². The van der Waals surface area contributed by atoms with Crippen LogP contribution < -0.4 is 10.1 Å². The summed E-state index contributed by atoms with van der Waals surface area (Å²) in [5, 5.41) is 11.6. The molecule has 0 atom stereocenters. The van der Waals surface area contributed by atoms with E-state index in [1.165, 1.54) is 13.3 Å². The molecule has 1 aliphatic rings. The van der Waals surface area contributed by atoms with Crippen molar-refractivity contribution >= 4 is 17.4 Å². The smallest absolute Gasteiger partial charge is 0.228 e. The van der Waals surface area contributed by atoms with Crippen LogP contribution in [0.4, 0.5) is 5.69 Å². The molecular formula is C24H26N4O3. The zero-order valence-corrected chi connectivity index (χ0v) is 17.9. The predicted molar refractivity (Wildman–Crippen MR) is 118 cm³/mol. The summed E-state index contributed by atoms with van der Waals surface area (Å²) < 4.78 is 7.54. The molecule has 0 spiro atoms. The van der Waals surface area contributed by atoms with Gasteiger partial charge in [-0.25, -0.2) is 0 Å². The molecule has 0 aliphatic carbocycles. The normalized spacial score (nSPS) is 13.2. The van der Waals surface area contributed by atoms with Gasteiger partial charge in [0, 0.05) is 35.3 Å². The first-order valence-electron chi connectivity index (χ1n) is 10.6. The van der Waals surface area contributed by atoms with Crippen molar-refractivity contribution < 1.29 is 14.3 Å². The van der Waals surface area contributed by atoms with Crippen LogP contribution in [0.5, 0.6) is 5.75 Å². The molecular weight excluding hydrogens is 392 g/mol. The molecule has 0 fully saturated rings. The Morgan fingerprint density at radius 1 is 1.06 bits per heavy atom. The highest BCUT2D eigenvalue weighted by Crippen LogP contribution is 2.25. The van der Waals surface area contributed by atoms with Gasteiger partial charge in [-0.2, -0.15) is 0 Å². The molecule has 0 unspecified atom stereocenters. The number of carbonyl (C=O) groups is 2. The average molecular weight is 418 g/mol. The first-order chi connectivity index (χ1) is 15.0. The molecule has 1 amide bonds.